The summed E-state index contributed by atoms with van der Waals surface area (Å²) < 4.78 is 0.704. The number of aromatic nitrogens is 2. The standard InChI is InChI=1S/C7H6N2OS/c1-4-8-5-2-3-11-6(5)7(10)9-4/h2-3H,1H3,(H,8,9,10). The van der Waals surface area contributed by atoms with E-state index in [0.717, 1.165) is 5.52 Å². The van der Waals surface area contributed by atoms with E-state index in [1.807, 2.05) is 11.4 Å². The summed E-state index contributed by atoms with van der Waals surface area (Å²) in [4.78, 5) is 18.0. The maximum atomic E-state index is 11.2. The van der Waals surface area contributed by atoms with Crippen molar-refractivity contribution in [3.05, 3.63) is 27.6 Å². The van der Waals surface area contributed by atoms with E-state index in [-0.39, 0.29) is 5.56 Å². The van der Waals surface area contributed by atoms with E-state index < -0.39 is 0 Å². The van der Waals surface area contributed by atoms with Crippen LogP contribution in [0.15, 0.2) is 16.2 Å². The van der Waals surface area contributed by atoms with Crippen molar-refractivity contribution in [2.75, 3.05) is 0 Å². The Morgan fingerprint density at radius 1 is 1.64 bits per heavy atom. The van der Waals surface area contributed by atoms with Crippen molar-refractivity contribution >= 4 is 21.6 Å². The maximum Gasteiger partial charge on any atom is 0.268 e. The average molecular weight is 166 g/mol. The third kappa shape index (κ3) is 0.952. The van der Waals surface area contributed by atoms with Crippen LogP contribution >= 0.6 is 11.3 Å². The van der Waals surface area contributed by atoms with Gasteiger partial charge in [0.2, 0.25) is 0 Å². The number of aryl methyl sites for hydroxylation is 1. The zero-order valence-electron chi connectivity index (χ0n) is 5.92. The zero-order chi connectivity index (χ0) is 7.84. The molecule has 0 atom stereocenters. The molecule has 56 valence electrons. The van der Waals surface area contributed by atoms with E-state index in [1.54, 1.807) is 6.92 Å². The van der Waals surface area contributed by atoms with Gasteiger partial charge in [-0.2, -0.15) is 0 Å². The van der Waals surface area contributed by atoms with E-state index in [0.29, 0.717) is 10.5 Å². The fraction of sp³-hybridized carbons (Fsp3) is 0.143. The first-order valence-electron chi connectivity index (χ1n) is 3.21. The third-order valence-corrected chi connectivity index (χ3v) is 2.34. The van der Waals surface area contributed by atoms with Gasteiger partial charge in [0.1, 0.15) is 10.5 Å². The molecule has 0 saturated heterocycles. The number of nitrogens with one attached hydrogen (secondary N) is 1. The first-order chi connectivity index (χ1) is 5.27. The van der Waals surface area contributed by atoms with E-state index in [4.69, 9.17) is 0 Å². The SMILES string of the molecule is Cc1nc2ccsc2c(=O)[nH]1. The monoisotopic (exact) mass is 166 g/mol. The molecule has 0 fully saturated rings. The minimum atomic E-state index is -0.0394. The van der Waals surface area contributed by atoms with Crippen molar-refractivity contribution in [3.63, 3.8) is 0 Å². The second-order valence-electron chi connectivity index (χ2n) is 2.29. The van der Waals surface area contributed by atoms with Crippen LogP contribution in [0.2, 0.25) is 0 Å². The fourth-order valence-corrected chi connectivity index (χ4v) is 1.72. The highest BCUT2D eigenvalue weighted by Gasteiger charge is 2.00. The Hall–Kier alpha value is -1.16. The van der Waals surface area contributed by atoms with Gasteiger partial charge in [0, 0.05) is 0 Å². The molecule has 1 N–H and O–H groups in total. The molecule has 2 heterocycles. The molecule has 0 aliphatic heterocycles. The number of hydrogen-bond donors (Lipinski definition) is 1. The van der Waals surface area contributed by atoms with Crippen LogP contribution in [0, 0.1) is 6.92 Å². The lowest BCUT2D eigenvalue weighted by molar-refractivity contribution is 1.06. The van der Waals surface area contributed by atoms with Gasteiger partial charge in [-0.1, -0.05) is 0 Å². The average Bonchev–Trinajstić information content (AvgIpc) is 2.34. The van der Waals surface area contributed by atoms with Crippen molar-refractivity contribution < 1.29 is 0 Å². The Kier molecular flexibility index (Phi) is 1.29. The lowest BCUT2D eigenvalue weighted by Gasteiger charge is -1.90. The van der Waals surface area contributed by atoms with Crippen LogP contribution in [-0.2, 0) is 0 Å². The van der Waals surface area contributed by atoms with Crippen molar-refractivity contribution in [1.29, 1.82) is 0 Å². The Morgan fingerprint density at radius 2 is 2.45 bits per heavy atom. The van der Waals surface area contributed by atoms with Crippen LogP contribution in [-0.4, -0.2) is 9.97 Å². The van der Waals surface area contributed by atoms with Crippen molar-refractivity contribution in [2.24, 2.45) is 0 Å². The second-order valence-corrected chi connectivity index (χ2v) is 3.20. The highest BCUT2D eigenvalue weighted by Crippen LogP contribution is 2.12. The molecular formula is C7H6N2OS. The van der Waals surface area contributed by atoms with Gasteiger partial charge in [0.05, 0.1) is 5.52 Å². The van der Waals surface area contributed by atoms with E-state index in [1.165, 1.54) is 11.3 Å². The van der Waals surface area contributed by atoms with Crippen LogP contribution in [0.3, 0.4) is 0 Å². The van der Waals surface area contributed by atoms with Crippen LogP contribution in [0.1, 0.15) is 5.82 Å². The summed E-state index contributed by atoms with van der Waals surface area (Å²) in [6.07, 6.45) is 0. The lowest BCUT2D eigenvalue weighted by atomic mass is 10.4. The summed E-state index contributed by atoms with van der Waals surface area (Å²) in [5.74, 6) is 0.668. The van der Waals surface area contributed by atoms with Gasteiger partial charge < -0.3 is 4.98 Å². The third-order valence-electron chi connectivity index (χ3n) is 1.43. The molecule has 0 radical (unpaired) electrons. The maximum absolute atomic E-state index is 11.2. The second kappa shape index (κ2) is 2.17. The lowest BCUT2D eigenvalue weighted by Crippen LogP contribution is -2.07. The van der Waals surface area contributed by atoms with E-state index in [9.17, 15) is 4.79 Å². The molecule has 0 bridgehead atoms. The zero-order valence-corrected chi connectivity index (χ0v) is 6.73. The molecule has 2 aromatic heterocycles. The molecular weight excluding hydrogens is 160 g/mol. The first-order valence-corrected chi connectivity index (χ1v) is 4.09. The molecule has 0 aliphatic carbocycles. The van der Waals surface area contributed by atoms with Crippen LogP contribution in [0.5, 0.6) is 0 Å². The number of hydrogen-bond acceptors (Lipinski definition) is 3. The Labute approximate surface area is 66.7 Å². The number of aromatic amines is 1. The van der Waals surface area contributed by atoms with Gasteiger partial charge in [-0.25, -0.2) is 4.98 Å². The summed E-state index contributed by atoms with van der Waals surface area (Å²) in [6.45, 7) is 1.78. The number of nitrogens with zero attached hydrogens (tertiary/aromatic N) is 1. The normalized spacial score (nSPS) is 10.6. The summed E-state index contributed by atoms with van der Waals surface area (Å²) in [5, 5.41) is 1.87. The molecule has 0 amide bonds. The predicted octanol–water partition coefficient (Wildman–Crippen LogP) is 1.29. The molecule has 2 rings (SSSR count). The van der Waals surface area contributed by atoms with E-state index >= 15 is 0 Å². The van der Waals surface area contributed by atoms with Gasteiger partial charge >= 0.3 is 0 Å². The van der Waals surface area contributed by atoms with Crippen LogP contribution < -0.4 is 5.56 Å². The van der Waals surface area contributed by atoms with Crippen molar-refractivity contribution in [1.82, 2.24) is 9.97 Å². The van der Waals surface area contributed by atoms with Gasteiger partial charge in [-0.05, 0) is 18.4 Å². The Bertz CT molecular complexity index is 443. The highest BCUT2D eigenvalue weighted by molar-refractivity contribution is 7.17. The van der Waals surface area contributed by atoms with Gasteiger partial charge in [-0.3, -0.25) is 4.79 Å². The minimum Gasteiger partial charge on any atom is -0.310 e. The molecule has 3 nitrogen and oxygen atoms in total. The smallest absolute Gasteiger partial charge is 0.268 e. The summed E-state index contributed by atoms with van der Waals surface area (Å²) in [5.41, 5.74) is 0.749. The number of thiophene rings is 1. The highest BCUT2D eigenvalue weighted by atomic mass is 32.1. The number of fused-ring (bicyclic) bond motifs is 1. The minimum absolute atomic E-state index is 0.0394. The summed E-state index contributed by atoms with van der Waals surface area (Å²) in [7, 11) is 0. The van der Waals surface area contributed by atoms with Crippen molar-refractivity contribution in [3.8, 4) is 0 Å². The summed E-state index contributed by atoms with van der Waals surface area (Å²) >= 11 is 1.42. The molecule has 2 aromatic rings. The molecule has 0 aromatic carbocycles. The fourth-order valence-electron chi connectivity index (χ4n) is 0.990. The van der Waals surface area contributed by atoms with Crippen LogP contribution in [0.4, 0.5) is 0 Å². The van der Waals surface area contributed by atoms with Gasteiger partial charge in [-0.15, -0.1) is 11.3 Å². The number of H-pyrrole nitrogens is 1. The van der Waals surface area contributed by atoms with Gasteiger partial charge in [0.25, 0.3) is 5.56 Å². The van der Waals surface area contributed by atoms with E-state index in [2.05, 4.69) is 9.97 Å². The Morgan fingerprint density at radius 3 is 3.27 bits per heavy atom. The predicted molar refractivity (Wildman–Crippen MR) is 45.0 cm³/mol. The largest absolute Gasteiger partial charge is 0.310 e. The molecule has 4 heteroatoms. The molecule has 0 aliphatic rings. The number of rotatable bonds is 0. The topological polar surface area (TPSA) is 45.8 Å². The summed E-state index contributed by atoms with van der Waals surface area (Å²) in [6, 6.07) is 1.85. The molecule has 0 spiro atoms. The van der Waals surface area contributed by atoms with Crippen LogP contribution in [0.25, 0.3) is 10.2 Å². The Balaban J connectivity index is 3.02. The molecule has 0 saturated carbocycles. The van der Waals surface area contributed by atoms with Crippen molar-refractivity contribution in [2.45, 2.75) is 6.92 Å². The molecule has 0 unspecified atom stereocenters. The molecule has 11 heavy (non-hydrogen) atoms. The quantitative estimate of drug-likeness (QED) is 0.641. The van der Waals surface area contributed by atoms with Gasteiger partial charge in [0.15, 0.2) is 0 Å². The first kappa shape index (κ1) is 6.54.